The fraction of sp³-hybridized carbons (Fsp3) is 0.833. The van der Waals surface area contributed by atoms with Crippen molar-refractivity contribution in [3.05, 3.63) is 0 Å². The molecule has 1 atom stereocenters. The topological polar surface area (TPSA) is 41.8 Å². The first-order valence-electron chi connectivity index (χ1n) is 3.14. The van der Waals surface area contributed by atoms with Crippen LogP contribution in [0.5, 0.6) is 0 Å². The number of oxime groups is 1. The fourth-order valence-corrected chi connectivity index (χ4v) is 0.766. The Labute approximate surface area is 54.3 Å². The van der Waals surface area contributed by atoms with E-state index in [0.29, 0.717) is 6.61 Å². The van der Waals surface area contributed by atoms with Gasteiger partial charge in [0.1, 0.15) is 6.61 Å². The van der Waals surface area contributed by atoms with Crippen LogP contribution < -0.4 is 0 Å². The molecule has 1 heterocycles. The molecule has 0 fully saturated rings. The van der Waals surface area contributed by atoms with Crippen LogP contribution in [0.25, 0.3) is 0 Å². The van der Waals surface area contributed by atoms with Crippen LogP contribution in [0.1, 0.15) is 13.3 Å². The van der Waals surface area contributed by atoms with E-state index in [9.17, 15) is 0 Å². The molecule has 0 saturated carbocycles. The predicted molar refractivity (Wildman–Crippen MR) is 34.3 cm³/mol. The lowest BCUT2D eigenvalue weighted by atomic mass is 10.1. The normalized spacial score (nSPS) is 20.9. The van der Waals surface area contributed by atoms with Crippen LogP contribution in [0, 0.1) is 5.92 Å². The van der Waals surface area contributed by atoms with Gasteiger partial charge in [-0.15, -0.1) is 0 Å². The largest absolute Gasteiger partial charge is 0.396 e. The van der Waals surface area contributed by atoms with Crippen molar-refractivity contribution in [2.24, 2.45) is 11.1 Å². The number of hydrogen-bond acceptors (Lipinski definition) is 3. The Kier molecular flexibility index (Phi) is 2.05. The summed E-state index contributed by atoms with van der Waals surface area (Å²) in [6.07, 6.45) is 0.877. The van der Waals surface area contributed by atoms with E-state index in [1.54, 1.807) is 0 Å². The van der Waals surface area contributed by atoms with Gasteiger partial charge < -0.3 is 9.94 Å². The van der Waals surface area contributed by atoms with Crippen molar-refractivity contribution in [3.8, 4) is 0 Å². The molecule has 0 aromatic heterocycles. The standard InChI is InChI=1S/C6H11NO2/c1-5(4-8)6-2-3-9-7-6/h5,8H,2-4H2,1H3. The smallest absolute Gasteiger partial charge is 0.122 e. The maximum absolute atomic E-state index is 8.66. The van der Waals surface area contributed by atoms with Gasteiger partial charge in [0.25, 0.3) is 0 Å². The quantitative estimate of drug-likeness (QED) is 0.586. The first kappa shape index (κ1) is 6.55. The van der Waals surface area contributed by atoms with Crippen LogP contribution in [-0.4, -0.2) is 24.0 Å². The third-order valence-corrected chi connectivity index (χ3v) is 1.47. The number of hydrogen-bond donors (Lipinski definition) is 1. The molecule has 1 aliphatic rings. The van der Waals surface area contributed by atoms with E-state index in [-0.39, 0.29) is 12.5 Å². The molecule has 0 aromatic rings. The zero-order valence-corrected chi connectivity index (χ0v) is 5.50. The number of aliphatic hydroxyl groups is 1. The van der Waals surface area contributed by atoms with E-state index in [0.717, 1.165) is 12.1 Å². The maximum atomic E-state index is 8.66. The molecular weight excluding hydrogens is 118 g/mol. The highest BCUT2D eigenvalue weighted by molar-refractivity contribution is 5.87. The summed E-state index contributed by atoms with van der Waals surface area (Å²) in [5, 5.41) is 12.4. The SMILES string of the molecule is CC(CO)C1=NOCC1. The lowest BCUT2D eigenvalue weighted by Crippen LogP contribution is -2.12. The minimum absolute atomic E-state index is 0.169. The van der Waals surface area contributed by atoms with Gasteiger partial charge in [0.15, 0.2) is 0 Å². The molecule has 1 aliphatic heterocycles. The van der Waals surface area contributed by atoms with E-state index in [1.165, 1.54) is 0 Å². The highest BCUT2D eigenvalue weighted by Crippen LogP contribution is 2.08. The summed E-state index contributed by atoms with van der Waals surface area (Å²) in [7, 11) is 0. The molecule has 0 aliphatic carbocycles. The molecule has 0 bridgehead atoms. The van der Waals surface area contributed by atoms with Crippen molar-refractivity contribution < 1.29 is 9.94 Å². The van der Waals surface area contributed by atoms with Crippen molar-refractivity contribution in [3.63, 3.8) is 0 Å². The van der Waals surface area contributed by atoms with Crippen molar-refractivity contribution in [1.82, 2.24) is 0 Å². The molecule has 1 rings (SSSR count). The highest BCUT2D eigenvalue weighted by atomic mass is 16.6. The van der Waals surface area contributed by atoms with E-state index in [1.807, 2.05) is 6.92 Å². The van der Waals surface area contributed by atoms with Gasteiger partial charge in [0.2, 0.25) is 0 Å². The van der Waals surface area contributed by atoms with Crippen LogP contribution in [0.3, 0.4) is 0 Å². The average molecular weight is 129 g/mol. The zero-order chi connectivity index (χ0) is 6.69. The van der Waals surface area contributed by atoms with Crippen molar-refractivity contribution in [2.45, 2.75) is 13.3 Å². The maximum Gasteiger partial charge on any atom is 0.122 e. The molecule has 1 unspecified atom stereocenters. The molecule has 9 heavy (non-hydrogen) atoms. The minimum atomic E-state index is 0.169. The first-order chi connectivity index (χ1) is 4.34. The van der Waals surface area contributed by atoms with Gasteiger partial charge in [0.05, 0.1) is 12.3 Å². The molecule has 52 valence electrons. The highest BCUT2D eigenvalue weighted by Gasteiger charge is 2.14. The van der Waals surface area contributed by atoms with Crippen molar-refractivity contribution >= 4 is 5.71 Å². The Bertz CT molecular complexity index is 122. The van der Waals surface area contributed by atoms with Crippen LogP contribution in [0.2, 0.25) is 0 Å². The lowest BCUT2D eigenvalue weighted by molar-refractivity contribution is 0.173. The third kappa shape index (κ3) is 1.42. The summed E-state index contributed by atoms with van der Waals surface area (Å²) >= 11 is 0. The summed E-state index contributed by atoms with van der Waals surface area (Å²) < 4.78 is 0. The van der Waals surface area contributed by atoms with Crippen LogP contribution in [-0.2, 0) is 4.84 Å². The fourth-order valence-electron chi connectivity index (χ4n) is 0.766. The predicted octanol–water partition coefficient (Wildman–Crippen LogP) is 0.391. The average Bonchev–Trinajstić information content (AvgIpc) is 2.37. The molecule has 0 aromatic carbocycles. The number of rotatable bonds is 2. The monoisotopic (exact) mass is 129 g/mol. The lowest BCUT2D eigenvalue weighted by Gasteiger charge is -2.02. The molecule has 0 radical (unpaired) electrons. The van der Waals surface area contributed by atoms with Gasteiger partial charge in [-0.2, -0.15) is 0 Å². The summed E-state index contributed by atoms with van der Waals surface area (Å²) in [6.45, 7) is 2.79. The van der Waals surface area contributed by atoms with Crippen molar-refractivity contribution in [1.29, 1.82) is 0 Å². The summed E-state index contributed by atoms with van der Waals surface area (Å²) in [4.78, 5) is 4.76. The number of aliphatic hydroxyl groups excluding tert-OH is 1. The molecular formula is C6H11NO2. The van der Waals surface area contributed by atoms with Gasteiger partial charge in [0, 0.05) is 12.3 Å². The second kappa shape index (κ2) is 2.82. The van der Waals surface area contributed by atoms with Gasteiger partial charge >= 0.3 is 0 Å². The van der Waals surface area contributed by atoms with Gasteiger partial charge in [-0.05, 0) is 0 Å². The Morgan fingerprint density at radius 1 is 1.89 bits per heavy atom. The number of nitrogens with zero attached hydrogens (tertiary/aromatic N) is 1. The Morgan fingerprint density at radius 3 is 3.11 bits per heavy atom. The Hall–Kier alpha value is -0.570. The van der Waals surface area contributed by atoms with Gasteiger partial charge in [-0.1, -0.05) is 12.1 Å². The first-order valence-corrected chi connectivity index (χ1v) is 3.14. The Balaban J connectivity index is 2.40. The summed E-state index contributed by atoms with van der Waals surface area (Å²) in [5.74, 6) is 0.174. The summed E-state index contributed by atoms with van der Waals surface area (Å²) in [5.41, 5.74) is 0.984. The van der Waals surface area contributed by atoms with Crippen LogP contribution in [0.4, 0.5) is 0 Å². The van der Waals surface area contributed by atoms with Gasteiger partial charge in [-0.3, -0.25) is 0 Å². The molecule has 1 N–H and O–H groups in total. The Morgan fingerprint density at radius 2 is 2.67 bits per heavy atom. The van der Waals surface area contributed by atoms with Gasteiger partial charge in [-0.25, -0.2) is 0 Å². The second-order valence-electron chi connectivity index (χ2n) is 2.25. The molecule has 3 nitrogen and oxygen atoms in total. The second-order valence-corrected chi connectivity index (χ2v) is 2.25. The molecule has 0 amide bonds. The molecule has 0 saturated heterocycles. The van der Waals surface area contributed by atoms with E-state index in [2.05, 4.69) is 5.16 Å². The molecule has 3 heteroatoms. The zero-order valence-electron chi connectivity index (χ0n) is 5.50. The van der Waals surface area contributed by atoms with E-state index >= 15 is 0 Å². The summed E-state index contributed by atoms with van der Waals surface area (Å²) in [6, 6.07) is 0. The van der Waals surface area contributed by atoms with Crippen LogP contribution >= 0.6 is 0 Å². The minimum Gasteiger partial charge on any atom is -0.396 e. The van der Waals surface area contributed by atoms with E-state index < -0.39 is 0 Å². The van der Waals surface area contributed by atoms with Crippen molar-refractivity contribution in [2.75, 3.05) is 13.2 Å². The van der Waals surface area contributed by atoms with Crippen LogP contribution in [0.15, 0.2) is 5.16 Å². The molecule has 0 spiro atoms. The van der Waals surface area contributed by atoms with E-state index in [4.69, 9.17) is 9.94 Å². The third-order valence-electron chi connectivity index (χ3n) is 1.47.